The van der Waals surface area contributed by atoms with Crippen LogP contribution in [-0.2, 0) is 11.2 Å². The summed E-state index contributed by atoms with van der Waals surface area (Å²) in [6.45, 7) is 1.61. The molecule has 1 fully saturated rings. The van der Waals surface area contributed by atoms with Gasteiger partial charge in [-0.25, -0.2) is 0 Å². The van der Waals surface area contributed by atoms with Crippen LogP contribution in [0.3, 0.4) is 0 Å². The van der Waals surface area contributed by atoms with Crippen molar-refractivity contribution < 1.29 is 9.53 Å². The molecule has 1 aromatic carbocycles. The molecule has 1 N–H and O–H groups in total. The Morgan fingerprint density at radius 3 is 2.53 bits per heavy atom. The molecule has 0 bridgehead atoms. The average molecular weight is 233 g/mol. The van der Waals surface area contributed by atoms with E-state index in [4.69, 9.17) is 4.74 Å². The predicted molar refractivity (Wildman–Crippen MR) is 67.3 cm³/mol. The SMILES string of the molecule is CN[C@H]1C[C@@H](Oc2ccc(CC(C)=O)cc2)C1. The molecule has 0 heterocycles. The highest BCUT2D eigenvalue weighted by atomic mass is 16.5. The van der Waals surface area contributed by atoms with Gasteiger partial charge in [0.25, 0.3) is 0 Å². The van der Waals surface area contributed by atoms with Crippen LogP contribution in [0.4, 0.5) is 0 Å². The first-order valence-corrected chi connectivity index (χ1v) is 6.09. The van der Waals surface area contributed by atoms with E-state index in [2.05, 4.69) is 5.32 Å². The number of hydrogen-bond donors (Lipinski definition) is 1. The second kappa shape index (κ2) is 5.32. The normalized spacial score (nSPS) is 22.9. The zero-order valence-corrected chi connectivity index (χ0v) is 10.4. The monoisotopic (exact) mass is 233 g/mol. The van der Waals surface area contributed by atoms with Gasteiger partial charge in [-0.1, -0.05) is 12.1 Å². The van der Waals surface area contributed by atoms with Gasteiger partial charge in [0, 0.05) is 12.5 Å². The molecule has 0 aromatic heterocycles. The highest BCUT2D eigenvalue weighted by Gasteiger charge is 2.29. The van der Waals surface area contributed by atoms with Gasteiger partial charge in [0.15, 0.2) is 0 Å². The van der Waals surface area contributed by atoms with Crippen LogP contribution < -0.4 is 10.1 Å². The fourth-order valence-corrected chi connectivity index (χ4v) is 2.06. The summed E-state index contributed by atoms with van der Waals surface area (Å²) in [7, 11) is 1.98. The number of carbonyl (C=O) groups excluding carboxylic acids is 1. The van der Waals surface area contributed by atoms with Gasteiger partial charge in [-0.15, -0.1) is 0 Å². The van der Waals surface area contributed by atoms with Gasteiger partial charge >= 0.3 is 0 Å². The minimum absolute atomic E-state index is 0.189. The van der Waals surface area contributed by atoms with Gasteiger partial charge in [-0.05, 0) is 44.5 Å². The Hall–Kier alpha value is -1.35. The molecule has 0 spiro atoms. The lowest BCUT2D eigenvalue weighted by molar-refractivity contribution is -0.116. The van der Waals surface area contributed by atoms with Crippen molar-refractivity contribution in [2.24, 2.45) is 0 Å². The van der Waals surface area contributed by atoms with E-state index in [9.17, 15) is 4.79 Å². The van der Waals surface area contributed by atoms with E-state index < -0.39 is 0 Å². The number of Topliss-reactive ketones (excluding diaryl/α,β-unsaturated/α-hetero) is 1. The number of carbonyl (C=O) groups is 1. The van der Waals surface area contributed by atoms with Gasteiger partial charge in [-0.3, -0.25) is 4.79 Å². The third kappa shape index (κ3) is 3.30. The van der Waals surface area contributed by atoms with Crippen LogP contribution in [0.15, 0.2) is 24.3 Å². The van der Waals surface area contributed by atoms with Crippen molar-refractivity contribution in [3.63, 3.8) is 0 Å². The second-order valence-electron chi connectivity index (χ2n) is 4.72. The molecule has 2 rings (SSSR count). The Bertz CT molecular complexity index is 380. The Balaban J connectivity index is 1.84. The van der Waals surface area contributed by atoms with Gasteiger partial charge < -0.3 is 10.1 Å². The topological polar surface area (TPSA) is 38.3 Å². The van der Waals surface area contributed by atoms with Crippen molar-refractivity contribution in [3.8, 4) is 5.75 Å². The molecule has 17 heavy (non-hydrogen) atoms. The van der Waals surface area contributed by atoms with Gasteiger partial charge in [0.2, 0.25) is 0 Å². The third-order valence-corrected chi connectivity index (χ3v) is 3.18. The average Bonchev–Trinajstić information content (AvgIpc) is 2.24. The zero-order chi connectivity index (χ0) is 12.3. The molecule has 0 radical (unpaired) electrons. The van der Waals surface area contributed by atoms with Crippen LogP contribution in [0.25, 0.3) is 0 Å². The number of benzene rings is 1. The van der Waals surface area contributed by atoms with Crippen LogP contribution in [0.5, 0.6) is 5.75 Å². The molecule has 0 unspecified atom stereocenters. The minimum Gasteiger partial charge on any atom is -0.490 e. The fourth-order valence-electron chi connectivity index (χ4n) is 2.06. The second-order valence-corrected chi connectivity index (χ2v) is 4.72. The molecule has 0 saturated heterocycles. The van der Waals surface area contributed by atoms with E-state index in [0.29, 0.717) is 18.6 Å². The molecule has 3 heteroatoms. The van der Waals surface area contributed by atoms with Crippen molar-refractivity contribution in [1.29, 1.82) is 0 Å². The molecule has 3 nitrogen and oxygen atoms in total. The molecule has 92 valence electrons. The summed E-state index contributed by atoms with van der Waals surface area (Å²) in [5.41, 5.74) is 1.05. The van der Waals surface area contributed by atoms with E-state index in [1.807, 2.05) is 31.3 Å². The largest absolute Gasteiger partial charge is 0.490 e. The van der Waals surface area contributed by atoms with Crippen LogP contribution in [0.2, 0.25) is 0 Å². The maximum Gasteiger partial charge on any atom is 0.134 e. The number of ether oxygens (including phenoxy) is 1. The lowest BCUT2D eigenvalue weighted by Gasteiger charge is -2.35. The molecular formula is C14H19NO2. The standard InChI is InChI=1S/C14H19NO2/c1-10(16)7-11-3-5-13(6-4-11)17-14-8-12(9-14)15-2/h3-6,12,14-15H,7-9H2,1-2H3/t12-,14+. The summed E-state index contributed by atoms with van der Waals surface area (Å²) in [4.78, 5) is 11.0. The Labute approximate surface area is 102 Å². The summed E-state index contributed by atoms with van der Waals surface area (Å²) in [5.74, 6) is 1.09. The Kier molecular flexibility index (Phi) is 3.79. The fraction of sp³-hybridized carbons (Fsp3) is 0.500. The van der Waals surface area contributed by atoms with Crippen molar-refractivity contribution in [2.45, 2.75) is 38.3 Å². The van der Waals surface area contributed by atoms with E-state index in [0.717, 1.165) is 24.2 Å². The Morgan fingerprint density at radius 2 is 2.00 bits per heavy atom. The summed E-state index contributed by atoms with van der Waals surface area (Å²) >= 11 is 0. The number of nitrogens with one attached hydrogen (secondary N) is 1. The maximum absolute atomic E-state index is 11.0. The van der Waals surface area contributed by atoms with Gasteiger partial charge in [-0.2, -0.15) is 0 Å². The van der Waals surface area contributed by atoms with E-state index in [-0.39, 0.29) is 5.78 Å². The lowest BCUT2D eigenvalue weighted by Crippen LogP contribution is -2.45. The lowest BCUT2D eigenvalue weighted by atomic mass is 9.89. The van der Waals surface area contributed by atoms with Crippen molar-refractivity contribution in [2.75, 3.05) is 7.05 Å². The molecule has 0 atom stereocenters. The molecule has 0 amide bonds. The van der Waals surface area contributed by atoms with E-state index >= 15 is 0 Å². The van der Waals surface area contributed by atoms with Crippen molar-refractivity contribution >= 4 is 5.78 Å². The minimum atomic E-state index is 0.189. The van der Waals surface area contributed by atoms with Gasteiger partial charge in [0.1, 0.15) is 17.6 Å². The highest BCUT2D eigenvalue weighted by molar-refractivity contribution is 5.78. The zero-order valence-electron chi connectivity index (χ0n) is 10.4. The van der Waals surface area contributed by atoms with Crippen LogP contribution in [-0.4, -0.2) is 25.0 Å². The van der Waals surface area contributed by atoms with Crippen LogP contribution >= 0.6 is 0 Å². The molecule has 1 saturated carbocycles. The number of rotatable bonds is 5. The van der Waals surface area contributed by atoms with Crippen LogP contribution in [0.1, 0.15) is 25.3 Å². The quantitative estimate of drug-likeness (QED) is 0.844. The smallest absolute Gasteiger partial charge is 0.134 e. The van der Waals surface area contributed by atoms with Gasteiger partial charge in [0.05, 0.1) is 0 Å². The number of ketones is 1. The first-order chi connectivity index (χ1) is 8.17. The predicted octanol–water partition coefficient (Wildman–Crippen LogP) is 1.95. The molecule has 1 aliphatic rings. The highest BCUT2D eigenvalue weighted by Crippen LogP contribution is 2.25. The molecular weight excluding hydrogens is 214 g/mol. The molecule has 0 aliphatic heterocycles. The van der Waals surface area contributed by atoms with E-state index in [1.165, 1.54) is 0 Å². The third-order valence-electron chi connectivity index (χ3n) is 3.18. The van der Waals surface area contributed by atoms with Crippen molar-refractivity contribution in [3.05, 3.63) is 29.8 Å². The van der Waals surface area contributed by atoms with E-state index in [1.54, 1.807) is 6.92 Å². The number of hydrogen-bond acceptors (Lipinski definition) is 3. The van der Waals surface area contributed by atoms with Crippen LogP contribution in [0, 0.1) is 0 Å². The summed E-state index contributed by atoms with van der Waals surface area (Å²) in [5, 5.41) is 3.23. The summed E-state index contributed by atoms with van der Waals surface area (Å²) < 4.78 is 5.82. The molecule has 1 aliphatic carbocycles. The maximum atomic E-state index is 11.0. The summed E-state index contributed by atoms with van der Waals surface area (Å²) in [6, 6.07) is 8.43. The first kappa shape index (κ1) is 12.1. The summed E-state index contributed by atoms with van der Waals surface area (Å²) in [6.07, 6.45) is 2.99. The Morgan fingerprint density at radius 1 is 1.35 bits per heavy atom. The van der Waals surface area contributed by atoms with Crippen molar-refractivity contribution in [1.82, 2.24) is 5.32 Å². The first-order valence-electron chi connectivity index (χ1n) is 6.09. The molecule has 1 aromatic rings.